The molecule has 0 aliphatic carbocycles. The van der Waals surface area contributed by atoms with Crippen LogP contribution in [0.5, 0.6) is 11.5 Å². The highest BCUT2D eigenvalue weighted by molar-refractivity contribution is 6.04. The van der Waals surface area contributed by atoms with Gasteiger partial charge in [0, 0.05) is 23.6 Å². The molecule has 0 N–H and O–H groups in total. The Morgan fingerprint density at radius 2 is 1.84 bits per heavy atom. The number of pyridine rings is 1. The summed E-state index contributed by atoms with van der Waals surface area (Å²) in [4.78, 5) is 22.7. The minimum absolute atomic E-state index is 0.257. The second-order valence-electron chi connectivity index (χ2n) is 6.27. The van der Waals surface area contributed by atoms with Gasteiger partial charge in [0.05, 0.1) is 10.9 Å². The Balaban J connectivity index is 1.78. The number of aryl methyl sites for hydroxylation is 2. The van der Waals surface area contributed by atoms with E-state index in [0.717, 1.165) is 59.1 Å². The number of carbonyl (C=O) groups is 2. The SMILES string of the molecule is O=Cc1ccc2cc3[n+](cc2c1C=O)CCc1cc2c(cc1-3)OCO2. The molecule has 0 saturated heterocycles. The van der Waals surface area contributed by atoms with Crippen molar-refractivity contribution in [2.45, 2.75) is 13.0 Å². The van der Waals surface area contributed by atoms with Crippen LogP contribution in [-0.2, 0) is 13.0 Å². The third-order valence-corrected chi connectivity index (χ3v) is 4.98. The van der Waals surface area contributed by atoms with Crippen molar-refractivity contribution in [3.8, 4) is 22.8 Å². The van der Waals surface area contributed by atoms with Crippen LogP contribution in [0, 0.1) is 0 Å². The number of aldehydes is 2. The van der Waals surface area contributed by atoms with Crippen LogP contribution < -0.4 is 14.0 Å². The molecule has 3 heterocycles. The first-order valence-electron chi connectivity index (χ1n) is 8.12. The van der Waals surface area contributed by atoms with E-state index in [1.807, 2.05) is 18.3 Å². The number of nitrogens with zero attached hydrogens (tertiary/aromatic N) is 1. The number of hydrogen-bond acceptors (Lipinski definition) is 4. The molecule has 0 saturated carbocycles. The molecule has 1 aromatic heterocycles. The van der Waals surface area contributed by atoms with Gasteiger partial charge in [0.25, 0.3) is 0 Å². The van der Waals surface area contributed by atoms with E-state index in [9.17, 15) is 9.59 Å². The maximum Gasteiger partial charge on any atom is 0.231 e. The number of rotatable bonds is 2. The van der Waals surface area contributed by atoms with E-state index in [-0.39, 0.29) is 6.79 Å². The summed E-state index contributed by atoms with van der Waals surface area (Å²) in [6.07, 6.45) is 4.32. The molecule has 0 bridgehead atoms. The van der Waals surface area contributed by atoms with Crippen LogP contribution in [0.3, 0.4) is 0 Å². The summed E-state index contributed by atoms with van der Waals surface area (Å²) in [5, 5.41) is 1.73. The highest BCUT2D eigenvalue weighted by atomic mass is 16.7. The van der Waals surface area contributed by atoms with Gasteiger partial charge in [-0.05, 0) is 23.1 Å². The molecule has 5 rings (SSSR count). The number of fused-ring (bicyclic) bond motifs is 5. The number of aromatic nitrogens is 1. The Morgan fingerprint density at radius 1 is 1.00 bits per heavy atom. The van der Waals surface area contributed by atoms with Gasteiger partial charge in [-0.25, -0.2) is 0 Å². The quantitative estimate of drug-likeness (QED) is 0.535. The molecule has 0 atom stereocenters. The lowest BCUT2D eigenvalue weighted by Crippen LogP contribution is -2.40. The number of carbonyl (C=O) groups excluding carboxylic acids is 2. The minimum atomic E-state index is 0.257. The summed E-state index contributed by atoms with van der Waals surface area (Å²) < 4.78 is 13.1. The van der Waals surface area contributed by atoms with Crippen molar-refractivity contribution in [1.82, 2.24) is 0 Å². The highest BCUT2D eigenvalue weighted by Gasteiger charge is 2.28. The van der Waals surface area contributed by atoms with E-state index in [2.05, 4.69) is 16.7 Å². The summed E-state index contributed by atoms with van der Waals surface area (Å²) >= 11 is 0. The summed E-state index contributed by atoms with van der Waals surface area (Å²) in [7, 11) is 0. The molecule has 0 amide bonds. The van der Waals surface area contributed by atoms with Gasteiger partial charge in [-0.2, -0.15) is 4.57 Å². The van der Waals surface area contributed by atoms with Crippen molar-refractivity contribution < 1.29 is 23.6 Å². The average molecular weight is 332 g/mol. The predicted octanol–water partition coefficient (Wildman–Crippen LogP) is 2.70. The van der Waals surface area contributed by atoms with Crippen LogP contribution >= 0.6 is 0 Å². The summed E-state index contributed by atoms with van der Waals surface area (Å²) in [6.45, 7) is 1.06. The Labute approximate surface area is 143 Å². The van der Waals surface area contributed by atoms with Crippen LogP contribution in [0.25, 0.3) is 22.0 Å². The van der Waals surface area contributed by atoms with Gasteiger partial charge in [-0.1, -0.05) is 12.1 Å². The van der Waals surface area contributed by atoms with Gasteiger partial charge < -0.3 is 9.47 Å². The average Bonchev–Trinajstić information content (AvgIpc) is 3.11. The van der Waals surface area contributed by atoms with Crippen LogP contribution in [0.1, 0.15) is 26.3 Å². The lowest BCUT2D eigenvalue weighted by molar-refractivity contribution is -0.686. The molecule has 5 nitrogen and oxygen atoms in total. The van der Waals surface area contributed by atoms with E-state index in [0.29, 0.717) is 11.1 Å². The number of ether oxygens (including phenoxy) is 2. The van der Waals surface area contributed by atoms with Crippen molar-refractivity contribution in [3.63, 3.8) is 0 Å². The monoisotopic (exact) mass is 332 g/mol. The summed E-state index contributed by atoms with van der Waals surface area (Å²) in [5.41, 5.74) is 4.28. The van der Waals surface area contributed by atoms with Crippen molar-refractivity contribution in [3.05, 3.63) is 53.2 Å². The highest BCUT2D eigenvalue weighted by Crippen LogP contribution is 2.40. The van der Waals surface area contributed by atoms with Gasteiger partial charge in [0.1, 0.15) is 0 Å². The molecule has 0 spiro atoms. The maximum absolute atomic E-state index is 11.5. The molecular weight excluding hydrogens is 318 g/mol. The van der Waals surface area contributed by atoms with E-state index in [1.54, 1.807) is 6.07 Å². The van der Waals surface area contributed by atoms with E-state index < -0.39 is 0 Å². The van der Waals surface area contributed by atoms with Crippen LogP contribution in [-0.4, -0.2) is 19.4 Å². The van der Waals surface area contributed by atoms with Gasteiger partial charge in [0.15, 0.2) is 36.8 Å². The normalized spacial score (nSPS) is 14.1. The van der Waals surface area contributed by atoms with Gasteiger partial charge in [-0.3, -0.25) is 9.59 Å². The predicted molar refractivity (Wildman–Crippen MR) is 90.2 cm³/mol. The van der Waals surface area contributed by atoms with Crippen LogP contribution in [0.4, 0.5) is 0 Å². The second kappa shape index (κ2) is 5.14. The third-order valence-electron chi connectivity index (χ3n) is 4.98. The first-order chi connectivity index (χ1) is 12.3. The van der Waals surface area contributed by atoms with Crippen LogP contribution in [0.2, 0.25) is 0 Å². The standard InChI is InChI=1S/C20H14NO4/c22-9-14-2-1-12-5-18-15-7-20-19(24-11-25-20)6-13(15)3-4-21(18)8-16(12)17(14)10-23/h1-2,5-10H,3-4,11H2/q+1. The molecule has 5 heteroatoms. The molecular formula is C20H14NO4+. The Kier molecular flexibility index (Phi) is 2.91. The molecule has 122 valence electrons. The Morgan fingerprint density at radius 3 is 2.64 bits per heavy atom. The molecule has 3 aromatic rings. The molecule has 0 fully saturated rings. The number of benzene rings is 2. The second-order valence-corrected chi connectivity index (χ2v) is 6.27. The van der Waals surface area contributed by atoms with Gasteiger partial charge in [-0.15, -0.1) is 0 Å². The molecule has 2 aliphatic rings. The first kappa shape index (κ1) is 14.2. The topological polar surface area (TPSA) is 56.5 Å². The van der Waals surface area contributed by atoms with Gasteiger partial charge in [0.2, 0.25) is 12.5 Å². The molecule has 0 radical (unpaired) electrons. The van der Waals surface area contributed by atoms with Gasteiger partial charge >= 0.3 is 0 Å². The summed E-state index contributed by atoms with van der Waals surface area (Å²) in [5.74, 6) is 1.56. The molecule has 25 heavy (non-hydrogen) atoms. The van der Waals surface area contributed by atoms with Crippen molar-refractivity contribution in [2.75, 3.05) is 6.79 Å². The van der Waals surface area contributed by atoms with E-state index >= 15 is 0 Å². The fourth-order valence-corrected chi connectivity index (χ4v) is 3.72. The molecule has 2 aromatic carbocycles. The van der Waals surface area contributed by atoms with Crippen molar-refractivity contribution in [2.24, 2.45) is 0 Å². The largest absolute Gasteiger partial charge is 0.454 e. The van der Waals surface area contributed by atoms with Crippen molar-refractivity contribution >= 4 is 23.3 Å². The van der Waals surface area contributed by atoms with Crippen LogP contribution in [0.15, 0.2) is 36.5 Å². The summed E-state index contributed by atoms with van der Waals surface area (Å²) in [6, 6.07) is 9.72. The third kappa shape index (κ3) is 1.99. The zero-order chi connectivity index (χ0) is 17.0. The number of hydrogen-bond donors (Lipinski definition) is 0. The van der Waals surface area contributed by atoms with Crippen molar-refractivity contribution in [1.29, 1.82) is 0 Å². The Bertz CT molecular complexity index is 1070. The zero-order valence-corrected chi connectivity index (χ0v) is 13.3. The van der Waals surface area contributed by atoms with E-state index in [1.165, 1.54) is 5.56 Å². The maximum atomic E-state index is 11.5. The first-order valence-corrected chi connectivity index (χ1v) is 8.12. The fourth-order valence-electron chi connectivity index (χ4n) is 3.72. The smallest absolute Gasteiger partial charge is 0.231 e. The molecule has 2 aliphatic heterocycles. The Hall–Kier alpha value is -3.21. The zero-order valence-electron chi connectivity index (χ0n) is 13.3. The lowest BCUT2D eigenvalue weighted by atomic mass is 9.94. The van der Waals surface area contributed by atoms with E-state index in [4.69, 9.17) is 9.47 Å². The lowest BCUT2D eigenvalue weighted by Gasteiger charge is -2.16. The fraction of sp³-hybridized carbons (Fsp3) is 0.150. The molecule has 0 unspecified atom stereocenters. The minimum Gasteiger partial charge on any atom is -0.454 e.